The average Bonchev–Trinajstić information content (AvgIpc) is 2.43. The van der Waals surface area contributed by atoms with E-state index in [0.717, 1.165) is 5.41 Å². The normalized spacial score (nSPS) is 16.6. The number of hydrogen-bond donors (Lipinski definition) is 0. The van der Waals surface area contributed by atoms with Gasteiger partial charge in [0.25, 0.3) is 5.69 Å². The van der Waals surface area contributed by atoms with Gasteiger partial charge in [0.2, 0.25) is 9.84 Å². The fourth-order valence-electron chi connectivity index (χ4n) is 1.36. The summed E-state index contributed by atoms with van der Waals surface area (Å²) in [4.78, 5) is 9.67. The lowest BCUT2D eigenvalue weighted by Crippen LogP contribution is -2.00. The molecule has 0 aliphatic carbocycles. The SMILES string of the molecule is O=[N+]([O-])c1cccc2c1S(=O)(=O)C=C2. The van der Waals surface area contributed by atoms with Crippen molar-refractivity contribution < 1.29 is 13.3 Å². The number of nitro groups is 1. The molecule has 1 aromatic rings. The quantitative estimate of drug-likeness (QED) is 0.519. The molecule has 6 heteroatoms. The third-order valence-electron chi connectivity index (χ3n) is 1.93. The molecule has 0 N–H and O–H groups in total. The molecule has 2 rings (SSSR count). The molecule has 1 heterocycles. The molecule has 1 aromatic carbocycles. The Morgan fingerprint density at radius 1 is 1.29 bits per heavy atom. The van der Waals surface area contributed by atoms with E-state index in [0.29, 0.717) is 5.56 Å². The molecular weight excluding hydrogens is 206 g/mol. The summed E-state index contributed by atoms with van der Waals surface area (Å²) in [5.41, 5.74) is 0.00620. The Morgan fingerprint density at radius 3 is 2.64 bits per heavy atom. The molecule has 72 valence electrons. The Bertz CT molecular complexity index is 544. The molecule has 1 aliphatic rings. The van der Waals surface area contributed by atoms with E-state index >= 15 is 0 Å². The summed E-state index contributed by atoms with van der Waals surface area (Å²) in [7, 11) is -3.60. The first-order valence-electron chi connectivity index (χ1n) is 3.73. The number of rotatable bonds is 1. The summed E-state index contributed by atoms with van der Waals surface area (Å²) in [6, 6.07) is 4.18. The summed E-state index contributed by atoms with van der Waals surface area (Å²) in [5.74, 6) is 0. The zero-order valence-electron chi connectivity index (χ0n) is 6.88. The maximum Gasteiger partial charge on any atom is 0.288 e. The minimum absolute atomic E-state index is 0.204. The molecule has 14 heavy (non-hydrogen) atoms. The third kappa shape index (κ3) is 1.12. The van der Waals surface area contributed by atoms with E-state index in [1.54, 1.807) is 0 Å². The smallest absolute Gasteiger partial charge is 0.258 e. The molecule has 0 unspecified atom stereocenters. The number of fused-ring (bicyclic) bond motifs is 1. The van der Waals surface area contributed by atoms with Gasteiger partial charge >= 0.3 is 0 Å². The first-order valence-corrected chi connectivity index (χ1v) is 5.27. The van der Waals surface area contributed by atoms with Crippen molar-refractivity contribution in [3.05, 3.63) is 39.3 Å². The van der Waals surface area contributed by atoms with Crippen LogP contribution < -0.4 is 0 Å². The highest BCUT2D eigenvalue weighted by Gasteiger charge is 2.30. The molecule has 0 spiro atoms. The lowest BCUT2D eigenvalue weighted by Gasteiger charge is -1.98. The Balaban J connectivity index is 2.84. The minimum atomic E-state index is -3.60. The van der Waals surface area contributed by atoms with Crippen molar-refractivity contribution in [2.75, 3.05) is 0 Å². The number of nitrogens with zero attached hydrogens (tertiary/aromatic N) is 1. The third-order valence-corrected chi connectivity index (χ3v) is 3.44. The van der Waals surface area contributed by atoms with Gasteiger partial charge in [0.1, 0.15) is 0 Å². The molecule has 1 aliphatic heterocycles. The number of benzene rings is 1. The van der Waals surface area contributed by atoms with Crippen LogP contribution in [0.25, 0.3) is 6.08 Å². The fraction of sp³-hybridized carbons (Fsp3) is 0. The van der Waals surface area contributed by atoms with Crippen molar-refractivity contribution in [1.29, 1.82) is 0 Å². The predicted octanol–water partition coefficient (Wildman–Crippen LogP) is 1.35. The van der Waals surface area contributed by atoms with Gasteiger partial charge in [-0.3, -0.25) is 10.1 Å². The van der Waals surface area contributed by atoms with Gasteiger partial charge in [-0.25, -0.2) is 8.42 Å². The van der Waals surface area contributed by atoms with Crippen LogP contribution in [-0.2, 0) is 9.84 Å². The lowest BCUT2D eigenvalue weighted by atomic mass is 10.2. The second-order valence-electron chi connectivity index (χ2n) is 2.80. The first kappa shape index (κ1) is 8.89. The minimum Gasteiger partial charge on any atom is -0.258 e. The van der Waals surface area contributed by atoms with Gasteiger partial charge < -0.3 is 0 Å². The highest BCUT2D eigenvalue weighted by Crippen LogP contribution is 2.34. The first-order chi connectivity index (χ1) is 6.52. The van der Waals surface area contributed by atoms with Crippen molar-refractivity contribution in [3.63, 3.8) is 0 Å². The van der Waals surface area contributed by atoms with Gasteiger partial charge in [0, 0.05) is 17.0 Å². The fourth-order valence-corrected chi connectivity index (χ4v) is 2.72. The van der Waals surface area contributed by atoms with Crippen molar-refractivity contribution >= 4 is 21.6 Å². The maximum absolute atomic E-state index is 11.4. The van der Waals surface area contributed by atoms with E-state index < -0.39 is 14.8 Å². The summed E-state index contributed by atoms with van der Waals surface area (Å²) < 4.78 is 22.8. The molecule has 0 radical (unpaired) electrons. The van der Waals surface area contributed by atoms with Crippen molar-refractivity contribution in [2.24, 2.45) is 0 Å². The van der Waals surface area contributed by atoms with Crippen LogP contribution in [0.3, 0.4) is 0 Å². The van der Waals surface area contributed by atoms with Gasteiger partial charge in [0.15, 0.2) is 4.90 Å². The van der Waals surface area contributed by atoms with Crippen LogP contribution in [-0.4, -0.2) is 13.3 Å². The second kappa shape index (κ2) is 2.65. The topological polar surface area (TPSA) is 77.3 Å². The van der Waals surface area contributed by atoms with Crippen LogP contribution in [0.5, 0.6) is 0 Å². The van der Waals surface area contributed by atoms with Crippen molar-refractivity contribution in [2.45, 2.75) is 4.90 Å². The molecule has 0 saturated carbocycles. The standard InChI is InChI=1S/C8H5NO4S/c10-9(11)7-3-1-2-6-4-5-14(12,13)8(6)7/h1-5H. The van der Waals surface area contributed by atoms with E-state index in [1.165, 1.54) is 24.3 Å². The maximum atomic E-state index is 11.4. The Kier molecular flexibility index (Phi) is 1.68. The Hall–Kier alpha value is -1.69. The largest absolute Gasteiger partial charge is 0.288 e. The summed E-state index contributed by atoms with van der Waals surface area (Å²) in [6.07, 6.45) is 1.36. The average molecular weight is 211 g/mol. The molecular formula is C8H5NO4S. The van der Waals surface area contributed by atoms with Crippen LogP contribution in [0.2, 0.25) is 0 Å². The Labute approximate surface area is 79.7 Å². The zero-order chi connectivity index (χ0) is 10.3. The van der Waals surface area contributed by atoms with Gasteiger partial charge in [-0.15, -0.1) is 0 Å². The van der Waals surface area contributed by atoms with Crippen LogP contribution >= 0.6 is 0 Å². The van der Waals surface area contributed by atoms with Crippen molar-refractivity contribution in [1.82, 2.24) is 0 Å². The Morgan fingerprint density at radius 2 is 2.00 bits per heavy atom. The van der Waals surface area contributed by atoms with E-state index in [4.69, 9.17) is 0 Å². The highest BCUT2D eigenvalue weighted by molar-refractivity contribution is 7.95. The van der Waals surface area contributed by atoms with Crippen LogP contribution in [0.1, 0.15) is 5.56 Å². The number of hydrogen-bond acceptors (Lipinski definition) is 4. The monoisotopic (exact) mass is 211 g/mol. The molecule has 0 amide bonds. The highest BCUT2D eigenvalue weighted by atomic mass is 32.2. The van der Waals surface area contributed by atoms with Crippen LogP contribution in [0.15, 0.2) is 28.5 Å². The van der Waals surface area contributed by atoms with Crippen LogP contribution in [0, 0.1) is 10.1 Å². The lowest BCUT2D eigenvalue weighted by molar-refractivity contribution is -0.387. The zero-order valence-corrected chi connectivity index (χ0v) is 7.69. The summed E-state index contributed by atoms with van der Waals surface area (Å²) in [6.45, 7) is 0. The molecule has 0 bridgehead atoms. The molecule has 0 atom stereocenters. The van der Waals surface area contributed by atoms with Crippen molar-refractivity contribution in [3.8, 4) is 0 Å². The van der Waals surface area contributed by atoms with Gasteiger partial charge in [-0.2, -0.15) is 0 Å². The van der Waals surface area contributed by atoms with Gasteiger partial charge in [0.05, 0.1) is 4.92 Å². The van der Waals surface area contributed by atoms with E-state index in [1.807, 2.05) is 0 Å². The number of sulfone groups is 1. The van der Waals surface area contributed by atoms with E-state index in [9.17, 15) is 18.5 Å². The molecule has 0 aromatic heterocycles. The molecule has 0 saturated heterocycles. The summed E-state index contributed by atoms with van der Waals surface area (Å²) >= 11 is 0. The van der Waals surface area contributed by atoms with Gasteiger partial charge in [-0.05, 0) is 6.08 Å². The summed E-state index contributed by atoms with van der Waals surface area (Å²) in [5, 5.41) is 11.5. The molecule has 5 nitrogen and oxygen atoms in total. The van der Waals surface area contributed by atoms with E-state index in [2.05, 4.69) is 0 Å². The van der Waals surface area contributed by atoms with Crippen LogP contribution in [0.4, 0.5) is 5.69 Å². The second-order valence-corrected chi connectivity index (χ2v) is 4.57. The van der Waals surface area contributed by atoms with Gasteiger partial charge in [-0.1, -0.05) is 12.1 Å². The van der Waals surface area contributed by atoms with E-state index in [-0.39, 0.29) is 10.6 Å². The number of nitro benzene ring substituents is 1. The predicted molar refractivity (Wildman–Crippen MR) is 49.3 cm³/mol. The molecule has 0 fully saturated rings.